The molecule has 1 heterocycles. The Bertz CT molecular complexity index is 389. The van der Waals surface area contributed by atoms with Crippen LogP contribution >= 0.6 is 0 Å². The Morgan fingerprint density at radius 2 is 2.05 bits per heavy atom. The van der Waals surface area contributed by atoms with E-state index in [2.05, 4.69) is 31.2 Å². The van der Waals surface area contributed by atoms with Crippen molar-refractivity contribution < 1.29 is 0 Å². The molecule has 0 saturated heterocycles. The van der Waals surface area contributed by atoms with E-state index in [4.69, 9.17) is 0 Å². The number of aromatic nitrogens is 2. The predicted octanol–water partition coefficient (Wildman–Crippen LogP) is 3.74. The lowest BCUT2D eigenvalue weighted by atomic mass is 9.83. The van der Waals surface area contributed by atoms with Crippen LogP contribution in [0.1, 0.15) is 69.7 Å². The minimum atomic E-state index is 0.418. The summed E-state index contributed by atoms with van der Waals surface area (Å²) in [5.41, 5.74) is 2.62. The van der Waals surface area contributed by atoms with Crippen LogP contribution in [0.4, 0.5) is 0 Å². The van der Waals surface area contributed by atoms with Gasteiger partial charge in [-0.3, -0.25) is 4.68 Å². The quantitative estimate of drug-likeness (QED) is 0.877. The average Bonchev–Trinajstić information content (AvgIpc) is 2.73. The zero-order chi connectivity index (χ0) is 13.8. The molecule has 1 aromatic heterocycles. The van der Waals surface area contributed by atoms with Crippen LogP contribution in [-0.4, -0.2) is 15.8 Å². The van der Waals surface area contributed by atoms with Crippen LogP contribution in [0.3, 0.4) is 0 Å². The van der Waals surface area contributed by atoms with Crippen molar-refractivity contribution >= 4 is 0 Å². The molecule has 1 unspecified atom stereocenters. The van der Waals surface area contributed by atoms with E-state index in [9.17, 15) is 0 Å². The van der Waals surface area contributed by atoms with Crippen LogP contribution < -0.4 is 5.32 Å². The first kappa shape index (κ1) is 14.6. The van der Waals surface area contributed by atoms with Crippen molar-refractivity contribution in [1.29, 1.82) is 0 Å². The Kier molecular flexibility index (Phi) is 5.03. The second kappa shape index (κ2) is 6.56. The molecule has 1 fully saturated rings. The first-order valence-corrected chi connectivity index (χ1v) is 7.86. The molecule has 0 spiro atoms. The molecular formula is C16H29N3. The molecule has 19 heavy (non-hydrogen) atoms. The van der Waals surface area contributed by atoms with Gasteiger partial charge in [0.15, 0.2) is 0 Å². The summed E-state index contributed by atoms with van der Waals surface area (Å²) in [6.45, 7) is 6.72. The fraction of sp³-hybridized carbons (Fsp3) is 0.812. The number of rotatable bonds is 5. The fourth-order valence-corrected chi connectivity index (χ4v) is 3.41. The molecule has 1 aliphatic carbocycles. The van der Waals surface area contributed by atoms with E-state index in [1.807, 2.05) is 17.9 Å². The van der Waals surface area contributed by atoms with Gasteiger partial charge in [0.05, 0.1) is 6.20 Å². The van der Waals surface area contributed by atoms with Gasteiger partial charge in [-0.15, -0.1) is 0 Å². The van der Waals surface area contributed by atoms with Gasteiger partial charge in [-0.1, -0.05) is 19.8 Å². The fourth-order valence-electron chi connectivity index (χ4n) is 3.41. The highest BCUT2D eigenvalue weighted by Crippen LogP contribution is 2.29. The third-order valence-corrected chi connectivity index (χ3v) is 4.77. The van der Waals surface area contributed by atoms with E-state index in [0.29, 0.717) is 12.1 Å². The number of aryl methyl sites for hydroxylation is 1. The summed E-state index contributed by atoms with van der Waals surface area (Å²) in [5.74, 6) is 0.985. The molecule has 0 aromatic carbocycles. The molecule has 0 bridgehead atoms. The minimum Gasteiger partial charge on any atom is -0.307 e. The molecule has 0 aliphatic heterocycles. The van der Waals surface area contributed by atoms with Gasteiger partial charge < -0.3 is 5.32 Å². The molecule has 3 nitrogen and oxygen atoms in total. The third-order valence-electron chi connectivity index (χ3n) is 4.77. The van der Waals surface area contributed by atoms with Crippen molar-refractivity contribution in [3.05, 3.63) is 17.5 Å². The van der Waals surface area contributed by atoms with Gasteiger partial charge in [-0.05, 0) is 45.4 Å². The Morgan fingerprint density at radius 1 is 1.37 bits per heavy atom. The van der Waals surface area contributed by atoms with Gasteiger partial charge >= 0.3 is 0 Å². The third kappa shape index (κ3) is 3.59. The first-order chi connectivity index (χ1) is 9.11. The maximum atomic E-state index is 4.34. The van der Waals surface area contributed by atoms with Gasteiger partial charge in [-0.25, -0.2) is 0 Å². The number of nitrogens with one attached hydrogen (secondary N) is 1. The molecule has 2 rings (SSSR count). The number of hydrogen-bond donors (Lipinski definition) is 1. The minimum absolute atomic E-state index is 0.418. The van der Waals surface area contributed by atoms with E-state index in [1.165, 1.54) is 49.8 Å². The second-order valence-electron chi connectivity index (χ2n) is 6.20. The molecule has 0 amide bonds. The van der Waals surface area contributed by atoms with Crippen LogP contribution in [-0.2, 0) is 7.05 Å². The van der Waals surface area contributed by atoms with Crippen molar-refractivity contribution in [2.24, 2.45) is 13.0 Å². The Morgan fingerprint density at radius 3 is 2.58 bits per heavy atom. The molecule has 1 atom stereocenters. The summed E-state index contributed by atoms with van der Waals surface area (Å²) < 4.78 is 1.96. The van der Waals surface area contributed by atoms with Crippen molar-refractivity contribution in [3.8, 4) is 0 Å². The topological polar surface area (TPSA) is 29.9 Å². The highest BCUT2D eigenvalue weighted by Gasteiger charge is 2.22. The van der Waals surface area contributed by atoms with Crippen LogP contribution in [0, 0.1) is 12.8 Å². The zero-order valence-corrected chi connectivity index (χ0v) is 12.9. The lowest BCUT2D eigenvalue weighted by Crippen LogP contribution is -2.35. The van der Waals surface area contributed by atoms with E-state index >= 15 is 0 Å². The van der Waals surface area contributed by atoms with Crippen molar-refractivity contribution in [2.45, 2.75) is 71.4 Å². The van der Waals surface area contributed by atoms with Gasteiger partial charge in [0, 0.05) is 30.4 Å². The van der Waals surface area contributed by atoms with Gasteiger partial charge in [0.1, 0.15) is 0 Å². The molecule has 1 aromatic rings. The lowest BCUT2D eigenvalue weighted by molar-refractivity contribution is 0.266. The second-order valence-corrected chi connectivity index (χ2v) is 6.20. The van der Waals surface area contributed by atoms with Crippen molar-refractivity contribution in [3.63, 3.8) is 0 Å². The highest BCUT2D eigenvalue weighted by molar-refractivity contribution is 5.19. The van der Waals surface area contributed by atoms with E-state index in [-0.39, 0.29) is 0 Å². The smallest absolute Gasteiger partial charge is 0.0540 e. The van der Waals surface area contributed by atoms with E-state index < -0.39 is 0 Å². The largest absolute Gasteiger partial charge is 0.307 e. The van der Waals surface area contributed by atoms with Gasteiger partial charge in [0.2, 0.25) is 0 Å². The lowest BCUT2D eigenvalue weighted by Gasteiger charge is -2.31. The van der Waals surface area contributed by atoms with Crippen LogP contribution in [0.15, 0.2) is 6.20 Å². The SMILES string of the molecule is CCCC1CCC(NC(C)c2cnn(C)c2C)CC1. The maximum Gasteiger partial charge on any atom is 0.0540 e. The predicted molar refractivity (Wildman–Crippen MR) is 80.1 cm³/mol. The zero-order valence-electron chi connectivity index (χ0n) is 12.9. The summed E-state index contributed by atoms with van der Waals surface area (Å²) in [6, 6.07) is 1.11. The maximum absolute atomic E-state index is 4.34. The summed E-state index contributed by atoms with van der Waals surface area (Å²) in [7, 11) is 2.02. The standard InChI is InChI=1S/C16H29N3/c1-5-6-14-7-9-15(10-8-14)18-12(2)16-11-17-19(4)13(16)3/h11-12,14-15,18H,5-10H2,1-4H3. The first-order valence-electron chi connectivity index (χ1n) is 7.86. The van der Waals surface area contributed by atoms with Crippen molar-refractivity contribution in [2.75, 3.05) is 0 Å². The molecule has 1 saturated carbocycles. The Hall–Kier alpha value is -0.830. The summed E-state index contributed by atoms with van der Waals surface area (Å²) >= 11 is 0. The van der Waals surface area contributed by atoms with Crippen LogP contribution in [0.5, 0.6) is 0 Å². The molecule has 108 valence electrons. The van der Waals surface area contributed by atoms with Gasteiger partial charge in [-0.2, -0.15) is 5.10 Å². The molecular weight excluding hydrogens is 234 g/mol. The van der Waals surface area contributed by atoms with E-state index in [1.54, 1.807) is 0 Å². The van der Waals surface area contributed by atoms with E-state index in [0.717, 1.165) is 5.92 Å². The van der Waals surface area contributed by atoms with Crippen molar-refractivity contribution in [1.82, 2.24) is 15.1 Å². The Balaban J connectivity index is 1.84. The highest BCUT2D eigenvalue weighted by atomic mass is 15.3. The number of hydrogen-bond acceptors (Lipinski definition) is 2. The molecule has 1 N–H and O–H groups in total. The number of nitrogens with zero attached hydrogens (tertiary/aromatic N) is 2. The molecule has 0 radical (unpaired) electrons. The van der Waals surface area contributed by atoms with Crippen LogP contribution in [0.2, 0.25) is 0 Å². The molecule has 3 heteroatoms. The monoisotopic (exact) mass is 263 g/mol. The van der Waals surface area contributed by atoms with Gasteiger partial charge in [0.25, 0.3) is 0 Å². The summed E-state index contributed by atoms with van der Waals surface area (Å²) in [4.78, 5) is 0. The normalized spacial score (nSPS) is 25.5. The average molecular weight is 263 g/mol. The Labute approximate surface area is 117 Å². The summed E-state index contributed by atoms with van der Waals surface area (Å²) in [6.07, 6.45) is 10.3. The summed E-state index contributed by atoms with van der Waals surface area (Å²) in [5, 5.41) is 8.14. The molecule has 1 aliphatic rings. The van der Waals surface area contributed by atoms with Crippen LogP contribution in [0.25, 0.3) is 0 Å².